The Balaban J connectivity index is 1.38. The van der Waals surface area contributed by atoms with E-state index in [1.54, 1.807) is 30.0 Å². The Bertz CT molecular complexity index is 1390. The van der Waals surface area contributed by atoms with Crippen LogP contribution in [0.15, 0.2) is 47.3 Å². The van der Waals surface area contributed by atoms with Crippen molar-refractivity contribution in [3.8, 4) is 0 Å². The van der Waals surface area contributed by atoms with Crippen molar-refractivity contribution in [3.63, 3.8) is 0 Å². The van der Waals surface area contributed by atoms with E-state index in [2.05, 4.69) is 22.0 Å². The van der Waals surface area contributed by atoms with Crippen LogP contribution in [0.1, 0.15) is 50.8 Å². The maximum Gasteiger partial charge on any atom is 0.332 e. The topological polar surface area (TPSA) is 89.6 Å². The maximum atomic E-state index is 15.0. The summed E-state index contributed by atoms with van der Waals surface area (Å²) in [5.41, 5.74) is 0.956. The highest BCUT2D eigenvalue weighted by molar-refractivity contribution is 6.21. The summed E-state index contributed by atoms with van der Waals surface area (Å²) >= 11 is 0. The van der Waals surface area contributed by atoms with Crippen molar-refractivity contribution in [1.29, 1.82) is 0 Å². The Morgan fingerprint density at radius 2 is 1.84 bits per heavy atom. The van der Waals surface area contributed by atoms with Gasteiger partial charge < -0.3 is 4.90 Å². The Morgan fingerprint density at radius 3 is 2.62 bits per heavy atom. The highest BCUT2D eigenvalue weighted by Gasteiger charge is 2.44. The van der Waals surface area contributed by atoms with Gasteiger partial charge in [0.15, 0.2) is 0 Å². The third-order valence-corrected chi connectivity index (χ3v) is 7.73. The lowest BCUT2D eigenvalue weighted by Gasteiger charge is -2.36. The molecule has 1 aromatic heterocycles. The number of benzene rings is 2. The molecule has 2 saturated heterocycles. The first-order valence-corrected chi connectivity index (χ1v) is 13.0. The number of imide groups is 1. The van der Waals surface area contributed by atoms with Gasteiger partial charge in [-0.1, -0.05) is 37.6 Å². The number of rotatable bonds is 7. The lowest BCUT2D eigenvalue weighted by Crippen LogP contribution is -2.45. The fourth-order valence-corrected chi connectivity index (χ4v) is 5.61. The van der Waals surface area contributed by atoms with E-state index >= 15 is 4.39 Å². The van der Waals surface area contributed by atoms with Gasteiger partial charge in [0, 0.05) is 30.9 Å². The minimum Gasteiger partial charge on any atom is -0.311 e. The summed E-state index contributed by atoms with van der Waals surface area (Å²) in [5, 5.41) is 7.92. The predicted octanol–water partition coefficient (Wildman–Crippen LogP) is 4.07. The summed E-state index contributed by atoms with van der Waals surface area (Å²) in [5.74, 6) is -1.07. The van der Waals surface area contributed by atoms with E-state index in [0.29, 0.717) is 47.6 Å². The molecule has 0 aliphatic carbocycles. The van der Waals surface area contributed by atoms with Crippen molar-refractivity contribution in [2.75, 3.05) is 24.5 Å². The van der Waals surface area contributed by atoms with Gasteiger partial charge in [-0.2, -0.15) is 5.10 Å². The van der Waals surface area contributed by atoms with E-state index in [-0.39, 0.29) is 11.2 Å². The van der Waals surface area contributed by atoms with Gasteiger partial charge in [0.1, 0.15) is 11.9 Å². The minimum atomic E-state index is -0.662. The molecule has 3 heterocycles. The number of aromatic amines is 1. The van der Waals surface area contributed by atoms with Gasteiger partial charge in [-0.05, 0) is 56.5 Å². The second-order valence-electron chi connectivity index (χ2n) is 9.93. The van der Waals surface area contributed by atoms with Crippen molar-refractivity contribution >= 4 is 28.4 Å². The predicted molar refractivity (Wildman–Crippen MR) is 140 cm³/mol. The van der Waals surface area contributed by atoms with Crippen molar-refractivity contribution in [2.45, 2.75) is 58.0 Å². The van der Waals surface area contributed by atoms with Gasteiger partial charge in [-0.3, -0.25) is 14.5 Å². The first-order valence-electron chi connectivity index (χ1n) is 13.0. The monoisotopic (exact) mass is 505 g/mol. The zero-order valence-corrected chi connectivity index (χ0v) is 21.2. The third-order valence-electron chi connectivity index (χ3n) is 7.73. The Morgan fingerprint density at radius 1 is 1.05 bits per heavy atom. The molecule has 0 spiro atoms. The second-order valence-corrected chi connectivity index (χ2v) is 9.93. The van der Waals surface area contributed by atoms with Crippen LogP contribution in [0, 0.1) is 5.82 Å². The maximum absolute atomic E-state index is 15.0. The number of likely N-dealkylation sites (tertiary alicyclic amines) is 1. The summed E-state index contributed by atoms with van der Waals surface area (Å²) in [6.45, 7) is 6.00. The van der Waals surface area contributed by atoms with E-state index in [1.165, 1.54) is 18.6 Å². The number of hydrogen-bond donors (Lipinski definition) is 1. The van der Waals surface area contributed by atoms with Crippen LogP contribution in [0.2, 0.25) is 0 Å². The summed E-state index contributed by atoms with van der Waals surface area (Å²) in [6, 6.07) is 10.9. The molecule has 3 amide bonds. The molecule has 37 heavy (non-hydrogen) atoms. The molecular weight excluding hydrogens is 473 g/mol. The number of halogens is 1. The molecule has 3 aromatic rings. The van der Waals surface area contributed by atoms with Crippen LogP contribution in [0.25, 0.3) is 10.8 Å². The average molecular weight is 506 g/mol. The molecule has 2 fully saturated rings. The molecule has 2 unspecified atom stereocenters. The number of hydrogen-bond acceptors (Lipinski definition) is 5. The van der Waals surface area contributed by atoms with E-state index in [9.17, 15) is 14.4 Å². The summed E-state index contributed by atoms with van der Waals surface area (Å²) < 4.78 is 15.0. The molecule has 194 valence electrons. The Kier molecular flexibility index (Phi) is 7.06. The van der Waals surface area contributed by atoms with Gasteiger partial charge in [-0.25, -0.2) is 19.2 Å². The number of aromatic nitrogens is 2. The number of anilines is 1. The largest absolute Gasteiger partial charge is 0.332 e. The van der Waals surface area contributed by atoms with Crippen LogP contribution in [0.4, 0.5) is 14.9 Å². The first kappa shape index (κ1) is 25.1. The molecule has 2 aromatic carbocycles. The van der Waals surface area contributed by atoms with Gasteiger partial charge in [-0.15, -0.1) is 0 Å². The third kappa shape index (κ3) is 4.75. The highest BCUT2D eigenvalue weighted by atomic mass is 19.1. The molecule has 5 rings (SSSR count). The number of nitrogens with one attached hydrogen (secondary N) is 1. The first-order chi connectivity index (χ1) is 17.9. The van der Waals surface area contributed by atoms with Crippen molar-refractivity contribution in [3.05, 3.63) is 69.9 Å². The number of H-pyrrole nitrogens is 1. The Labute approximate surface area is 215 Å². The zero-order chi connectivity index (χ0) is 26.1. The van der Waals surface area contributed by atoms with Crippen LogP contribution in [0.5, 0.6) is 0 Å². The van der Waals surface area contributed by atoms with E-state index in [1.807, 2.05) is 12.1 Å². The number of amides is 3. The van der Waals surface area contributed by atoms with Crippen molar-refractivity contribution < 1.29 is 14.0 Å². The smallest absolute Gasteiger partial charge is 0.311 e. The van der Waals surface area contributed by atoms with Crippen LogP contribution in [-0.4, -0.2) is 63.7 Å². The van der Waals surface area contributed by atoms with E-state index < -0.39 is 23.8 Å². The van der Waals surface area contributed by atoms with Crippen molar-refractivity contribution in [1.82, 2.24) is 20.0 Å². The van der Waals surface area contributed by atoms with Crippen LogP contribution >= 0.6 is 0 Å². The molecule has 0 saturated carbocycles. The molecular formula is C28H32FN5O3. The number of nitrogens with zero attached hydrogens (tertiary/aromatic N) is 4. The molecule has 0 bridgehead atoms. The molecule has 0 radical (unpaired) electrons. The lowest BCUT2D eigenvalue weighted by molar-refractivity contribution is -0.119. The Hall–Kier alpha value is -3.59. The average Bonchev–Trinajstić information content (AvgIpc) is 3.13. The highest BCUT2D eigenvalue weighted by Crippen LogP contribution is 2.30. The quantitative estimate of drug-likeness (QED) is 0.489. The van der Waals surface area contributed by atoms with E-state index in [4.69, 9.17) is 0 Å². The second kappa shape index (κ2) is 10.4. The number of carbonyl (C=O) groups excluding carboxylic acids is 2. The fraction of sp³-hybridized carbons (Fsp3) is 0.429. The van der Waals surface area contributed by atoms with Crippen LogP contribution < -0.4 is 10.5 Å². The zero-order valence-electron chi connectivity index (χ0n) is 21.2. The summed E-state index contributed by atoms with van der Waals surface area (Å²) in [6.07, 6.45) is 4.88. The molecule has 2 aliphatic heterocycles. The standard InChI is InChI=1S/C28H32FN5O3/c1-3-20-8-6-7-13-32(20)14-15-33-18(2)27(36)34(28(33)37)25-17-19(11-12-23(25)29)16-24-21-9-4-5-10-22(21)26(35)31-30-24/h4-5,9-12,17-18,20H,3,6-8,13-16H2,1-2H3,(H,31,35). The number of fused-ring (bicyclic) bond motifs is 1. The molecule has 1 N–H and O–H groups in total. The van der Waals surface area contributed by atoms with E-state index in [0.717, 1.165) is 30.7 Å². The normalized spacial score (nSPS) is 20.8. The van der Waals surface area contributed by atoms with Crippen LogP contribution in [-0.2, 0) is 11.2 Å². The van der Waals surface area contributed by atoms with Crippen LogP contribution in [0.3, 0.4) is 0 Å². The van der Waals surface area contributed by atoms with Gasteiger partial charge in [0.2, 0.25) is 0 Å². The number of carbonyl (C=O) groups is 2. The molecule has 2 atom stereocenters. The molecule has 9 heteroatoms. The van der Waals surface area contributed by atoms with Gasteiger partial charge in [0.25, 0.3) is 11.5 Å². The SMILES string of the molecule is CCC1CCCCN1CCN1C(=O)N(c2cc(Cc3n[nH]c(=O)c4ccccc34)ccc2F)C(=O)C1C. The number of urea groups is 1. The van der Waals surface area contributed by atoms with Gasteiger partial charge >= 0.3 is 6.03 Å². The summed E-state index contributed by atoms with van der Waals surface area (Å²) in [7, 11) is 0. The minimum absolute atomic E-state index is 0.0556. The lowest BCUT2D eigenvalue weighted by atomic mass is 10.0. The summed E-state index contributed by atoms with van der Waals surface area (Å²) in [4.78, 5) is 43.6. The molecule has 8 nitrogen and oxygen atoms in total. The van der Waals surface area contributed by atoms with Gasteiger partial charge in [0.05, 0.1) is 16.8 Å². The fourth-order valence-electron chi connectivity index (χ4n) is 5.61. The molecule has 2 aliphatic rings. The number of piperidine rings is 1. The van der Waals surface area contributed by atoms with Crippen molar-refractivity contribution in [2.24, 2.45) is 0 Å².